The molecular weight excluding hydrogens is 362 g/mol. The molecule has 0 fully saturated rings. The average molecular weight is 385 g/mol. The number of carbonyl (C=O) groups is 2. The Bertz CT molecular complexity index is 846. The van der Waals surface area contributed by atoms with Gasteiger partial charge in [-0.05, 0) is 43.7 Å². The number of carbonyl (C=O) groups excluding carboxylic acids is 2. The Hall–Kier alpha value is -3.22. The molecule has 0 saturated carbocycles. The molecule has 2 unspecified atom stereocenters. The molecule has 0 bridgehead atoms. The van der Waals surface area contributed by atoms with Crippen LogP contribution < -0.4 is 4.74 Å². The molecule has 0 heterocycles. The number of benzene rings is 2. The summed E-state index contributed by atoms with van der Waals surface area (Å²) >= 11 is 0. The van der Waals surface area contributed by atoms with E-state index in [1.807, 2.05) is 13.0 Å². The highest BCUT2D eigenvalue weighted by atomic mass is 16.6. The first-order valence-corrected chi connectivity index (χ1v) is 8.91. The maximum absolute atomic E-state index is 12.8. The van der Waals surface area contributed by atoms with Crippen molar-refractivity contribution in [1.82, 2.24) is 0 Å². The van der Waals surface area contributed by atoms with Gasteiger partial charge in [-0.25, -0.2) is 4.79 Å². The van der Waals surface area contributed by atoms with Gasteiger partial charge in [-0.1, -0.05) is 29.8 Å². The minimum Gasteiger partial charge on any atom is -0.497 e. The molecule has 0 N–H and O–H groups in total. The number of nitrogens with zero attached hydrogens (tertiary/aromatic N) is 1. The summed E-state index contributed by atoms with van der Waals surface area (Å²) in [6.07, 6.45) is -0.194. The van der Waals surface area contributed by atoms with Crippen molar-refractivity contribution in [2.45, 2.75) is 32.2 Å². The van der Waals surface area contributed by atoms with Gasteiger partial charge in [-0.15, -0.1) is 0 Å². The van der Waals surface area contributed by atoms with Crippen LogP contribution in [0, 0.1) is 17.0 Å². The Morgan fingerprint density at radius 3 is 2.36 bits per heavy atom. The maximum Gasteiger partial charge on any atom is 0.382 e. The third kappa shape index (κ3) is 5.16. The van der Waals surface area contributed by atoms with Gasteiger partial charge >= 0.3 is 12.0 Å². The van der Waals surface area contributed by atoms with E-state index < -0.39 is 22.9 Å². The second-order valence-corrected chi connectivity index (χ2v) is 6.36. The summed E-state index contributed by atoms with van der Waals surface area (Å²) in [5, 5.41) is 11.7. The van der Waals surface area contributed by atoms with E-state index >= 15 is 0 Å². The van der Waals surface area contributed by atoms with E-state index in [4.69, 9.17) is 9.47 Å². The predicted molar refractivity (Wildman–Crippen MR) is 103 cm³/mol. The van der Waals surface area contributed by atoms with Gasteiger partial charge in [0.2, 0.25) is 0 Å². The Kier molecular flexibility index (Phi) is 7.26. The molecule has 7 heteroatoms. The fourth-order valence-electron chi connectivity index (χ4n) is 3.03. The van der Waals surface area contributed by atoms with Gasteiger partial charge in [0, 0.05) is 16.9 Å². The minimum atomic E-state index is -1.66. The highest BCUT2D eigenvalue weighted by molar-refractivity contribution is 5.97. The number of aryl methyl sites for hydroxylation is 1. The zero-order valence-corrected chi connectivity index (χ0v) is 16.1. The lowest BCUT2D eigenvalue weighted by Gasteiger charge is -2.20. The number of ether oxygens (including phenoxy) is 2. The summed E-state index contributed by atoms with van der Waals surface area (Å²) in [5.74, 6) is -1.59. The van der Waals surface area contributed by atoms with Crippen LogP contribution in [-0.4, -0.2) is 36.4 Å². The summed E-state index contributed by atoms with van der Waals surface area (Å²) in [6.45, 7) is 3.45. The van der Waals surface area contributed by atoms with E-state index in [9.17, 15) is 19.7 Å². The first kappa shape index (κ1) is 21.1. The standard InChI is InChI=1S/C21H23NO6/c1-4-28-21(24)20(22(25)26)18(16-7-5-6-14(2)12-16)13-19(23)15-8-10-17(27-3)11-9-15/h5-12,18,20H,4,13H2,1-3H3. The third-order valence-electron chi connectivity index (χ3n) is 4.42. The van der Waals surface area contributed by atoms with Gasteiger partial charge in [-0.2, -0.15) is 0 Å². The molecule has 0 aromatic heterocycles. The fraction of sp³-hybridized carbons (Fsp3) is 0.333. The number of Topliss-reactive ketones (excluding diaryl/α,β-unsaturated/α-hetero) is 1. The van der Waals surface area contributed by atoms with Crippen LogP contribution in [0.15, 0.2) is 48.5 Å². The molecule has 7 nitrogen and oxygen atoms in total. The summed E-state index contributed by atoms with van der Waals surface area (Å²) in [5.41, 5.74) is 1.83. The van der Waals surface area contributed by atoms with Crippen LogP contribution in [0.4, 0.5) is 0 Å². The lowest BCUT2D eigenvalue weighted by Crippen LogP contribution is -2.38. The molecule has 0 amide bonds. The molecule has 148 valence electrons. The maximum atomic E-state index is 12.8. The Morgan fingerprint density at radius 1 is 1.14 bits per heavy atom. The quantitative estimate of drug-likeness (QED) is 0.283. The molecular formula is C21H23NO6. The van der Waals surface area contributed by atoms with Crippen molar-refractivity contribution in [3.8, 4) is 5.75 Å². The first-order chi connectivity index (χ1) is 13.4. The number of rotatable bonds is 9. The van der Waals surface area contributed by atoms with Gasteiger partial charge in [0.25, 0.3) is 0 Å². The SMILES string of the molecule is CCOC(=O)C(C(CC(=O)c1ccc(OC)cc1)c1cccc(C)c1)[N+](=O)[O-]. The highest BCUT2D eigenvalue weighted by Gasteiger charge is 2.42. The van der Waals surface area contributed by atoms with Crippen LogP contribution >= 0.6 is 0 Å². The van der Waals surface area contributed by atoms with Crippen molar-refractivity contribution in [2.75, 3.05) is 13.7 Å². The van der Waals surface area contributed by atoms with E-state index in [1.54, 1.807) is 49.4 Å². The number of nitro groups is 1. The topological polar surface area (TPSA) is 95.7 Å². The van der Waals surface area contributed by atoms with Crippen molar-refractivity contribution in [1.29, 1.82) is 0 Å². The van der Waals surface area contributed by atoms with Crippen molar-refractivity contribution in [3.05, 3.63) is 75.3 Å². The summed E-state index contributed by atoms with van der Waals surface area (Å²) in [4.78, 5) is 36.1. The lowest BCUT2D eigenvalue weighted by molar-refractivity contribution is -0.514. The third-order valence-corrected chi connectivity index (χ3v) is 4.42. The van der Waals surface area contributed by atoms with Crippen molar-refractivity contribution >= 4 is 11.8 Å². The Balaban J connectivity index is 2.40. The monoisotopic (exact) mass is 385 g/mol. The van der Waals surface area contributed by atoms with Gasteiger partial charge in [0.15, 0.2) is 5.78 Å². The number of methoxy groups -OCH3 is 1. The van der Waals surface area contributed by atoms with Crippen LogP contribution in [0.25, 0.3) is 0 Å². The van der Waals surface area contributed by atoms with E-state index in [0.29, 0.717) is 16.9 Å². The van der Waals surface area contributed by atoms with E-state index in [-0.39, 0.29) is 18.8 Å². The summed E-state index contributed by atoms with van der Waals surface area (Å²) < 4.78 is 9.99. The number of esters is 1. The molecule has 0 aliphatic rings. The summed E-state index contributed by atoms with van der Waals surface area (Å²) in [6, 6.07) is 11.9. The number of ketones is 1. The molecule has 0 saturated heterocycles. The zero-order chi connectivity index (χ0) is 20.7. The molecule has 2 rings (SSSR count). The van der Waals surface area contributed by atoms with E-state index in [1.165, 1.54) is 7.11 Å². The molecule has 2 aromatic rings. The Labute approximate surface area is 163 Å². The van der Waals surface area contributed by atoms with Crippen molar-refractivity contribution in [2.24, 2.45) is 0 Å². The predicted octanol–water partition coefficient (Wildman–Crippen LogP) is 3.57. The van der Waals surface area contributed by atoms with Crippen molar-refractivity contribution in [3.63, 3.8) is 0 Å². The second kappa shape index (κ2) is 9.64. The molecule has 0 aliphatic heterocycles. The van der Waals surface area contributed by atoms with Crippen LogP contribution in [0.1, 0.15) is 40.7 Å². The van der Waals surface area contributed by atoms with Gasteiger partial charge in [-0.3, -0.25) is 14.9 Å². The van der Waals surface area contributed by atoms with Gasteiger partial charge < -0.3 is 9.47 Å². The molecule has 28 heavy (non-hydrogen) atoms. The smallest absolute Gasteiger partial charge is 0.382 e. The van der Waals surface area contributed by atoms with E-state index in [2.05, 4.69) is 0 Å². The molecule has 0 aliphatic carbocycles. The highest BCUT2D eigenvalue weighted by Crippen LogP contribution is 2.29. The van der Waals surface area contributed by atoms with Gasteiger partial charge in [0.05, 0.1) is 19.6 Å². The minimum absolute atomic E-state index is 0.0239. The lowest BCUT2D eigenvalue weighted by atomic mass is 9.85. The average Bonchev–Trinajstić information content (AvgIpc) is 2.67. The molecule has 0 spiro atoms. The van der Waals surface area contributed by atoms with Crippen LogP contribution in [0.2, 0.25) is 0 Å². The van der Waals surface area contributed by atoms with Crippen LogP contribution in [0.3, 0.4) is 0 Å². The molecule has 2 atom stereocenters. The zero-order valence-electron chi connectivity index (χ0n) is 16.1. The van der Waals surface area contributed by atoms with E-state index in [0.717, 1.165) is 5.56 Å². The normalized spacial score (nSPS) is 12.7. The second-order valence-electron chi connectivity index (χ2n) is 6.36. The molecule has 0 radical (unpaired) electrons. The van der Waals surface area contributed by atoms with Gasteiger partial charge in [0.1, 0.15) is 5.75 Å². The number of hydrogen-bond acceptors (Lipinski definition) is 6. The van der Waals surface area contributed by atoms with Crippen LogP contribution in [0.5, 0.6) is 5.75 Å². The van der Waals surface area contributed by atoms with Crippen LogP contribution in [-0.2, 0) is 9.53 Å². The fourth-order valence-corrected chi connectivity index (χ4v) is 3.03. The summed E-state index contributed by atoms with van der Waals surface area (Å²) in [7, 11) is 1.52. The number of hydrogen-bond donors (Lipinski definition) is 0. The Morgan fingerprint density at radius 2 is 1.82 bits per heavy atom. The first-order valence-electron chi connectivity index (χ1n) is 8.91. The van der Waals surface area contributed by atoms with Crippen molar-refractivity contribution < 1.29 is 24.0 Å². The molecule has 2 aromatic carbocycles. The largest absolute Gasteiger partial charge is 0.497 e.